The Kier molecular flexibility index (Phi) is 6.17. The third-order valence-electron chi connectivity index (χ3n) is 2.42. The van der Waals surface area contributed by atoms with Crippen molar-refractivity contribution < 1.29 is 22.8 Å². The highest BCUT2D eigenvalue weighted by molar-refractivity contribution is 7.89. The minimum absolute atomic E-state index is 0.0208. The average Bonchev–Trinajstić information content (AvgIpc) is 2.47. The molecule has 7 nitrogen and oxygen atoms in total. The van der Waals surface area contributed by atoms with Gasteiger partial charge in [0, 0.05) is 0 Å². The molecule has 0 bridgehead atoms. The summed E-state index contributed by atoms with van der Waals surface area (Å²) in [6.07, 6.45) is 4.94. The maximum atomic E-state index is 12.1. The molecule has 1 amide bonds. The Morgan fingerprint density at radius 1 is 1.38 bits per heavy atom. The van der Waals surface area contributed by atoms with Crippen LogP contribution < -0.4 is 14.9 Å². The summed E-state index contributed by atoms with van der Waals surface area (Å²) in [5.41, 5.74) is 2.05. The molecule has 114 valence electrons. The first-order valence-corrected chi connectivity index (χ1v) is 7.40. The molecule has 0 aromatic heterocycles. The number of amides is 1. The standard InChI is InChI=1S/C13H16N2O5S/c1-4-9-20-14-13(16)10(2)15-21(17,18)12-7-5-11(19-3)6-8-12/h1,5-8,10,15H,9H2,2-3H3,(H,14,16). The Morgan fingerprint density at radius 2 is 2.00 bits per heavy atom. The van der Waals surface area contributed by atoms with E-state index in [1.807, 2.05) is 5.48 Å². The molecular formula is C13H16N2O5S. The number of carbonyl (C=O) groups is 1. The number of terminal acetylenes is 1. The Morgan fingerprint density at radius 3 is 2.52 bits per heavy atom. The predicted octanol–water partition coefficient (Wildman–Crippen LogP) is 0.0430. The molecule has 0 saturated carbocycles. The maximum Gasteiger partial charge on any atom is 0.261 e. The van der Waals surface area contributed by atoms with E-state index < -0.39 is 22.0 Å². The number of sulfonamides is 1. The van der Waals surface area contributed by atoms with Gasteiger partial charge in [0.15, 0.2) is 0 Å². The van der Waals surface area contributed by atoms with Crippen LogP contribution in [0.5, 0.6) is 5.75 Å². The quantitative estimate of drug-likeness (QED) is 0.421. The number of nitrogens with one attached hydrogen (secondary N) is 2. The lowest BCUT2D eigenvalue weighted by atomic mass is 10.3. The summed E-state index contributed by atoms with van der Waals surface area (Å²) >= 11 is 0. The second-order valence-electron chi connectivity index (χ2n) is 3.98. The van der Waals surface area contributed by atoms with Gasteiger partial charge in [0.1, 0.15) is 18.4 Å². The van der Waals surface area contributed by atoms with E-state index in [9.17, 15) is 13.2 Å². The van der Waals surface area contributed by atoms with Crippen molar-refractivity contribution in [1.29, 1.82) is 0 Å². The average molecular weight is 312 g/mol. The Bertz CT molecular complexity index is 619. The normalized spacial score (nSPS) is 12.2. The molecule has 1 aromatic rings. The number of benzene rings is 1. The molecule has 0 radical (unpaired) electrons. The summed E-state index contributed by atoms with van der Waals surface area (Å²) in [5.74, 6) is 2.04. The summed E-state index contributed by atoms with van der Waals surface area (Å²) in [6, 6.07) is 4.75. The van der Waals surface area contributed by atoms with Crippen LogP contribution in [0, 0.1) is 12.3 Å². The van der Waals surface area contributed by atoms with Gasteiger partial charge in [-0.05, 0) is 31.2 Å². The van der Waals surface area contributed by atoms with E-state index in [2.05, 4.69) is 15.5 Å². The third-order valence-corrected chi connectivity index (χ3v) is 3.98. The SMILES string of the molecule is C#CCONC(=O)C(C)NS(=O)(=O)c1ccc(OC)cc1. The van der Waals surface area contributed by atoms with Crippen LogP contribution in [0.4, 0.5) is 0 Å². The predicted molar refractivity (Wildman–Crippen MR) is 75.7 cm³/mol. The lowest BCUT2D eigenvalue weighted by Crippen LogP contribution is -2.44. The van der Waals surface area contributed by atoms with Crippen LogP contribution in [0.1, 0.15) is 6.92 Å². The van der Waals surface area contributed by atoms with Gasteiger partial charge in [-0.25, -0.2) is 13.9 Å². The van der Waals surface area contributed by atoms with Crippen molar-refractivity contribution in [1.82, 2.24) is 10.2 Å². The van der Waals surface area contributed by atoms with Gasteiger partial charge in [-0.2, -0.15) is 4.72 Å². The number of rotatable bonds is 7. The van der Waals surface area contributed by atoms with Gasteiger partial charge in [-0.1, -0.05) is 5.92 Å². The second-order valence-corrected chi connectivity index (χ2v) is 5.69. The van der Waals surface area contributed by atoms with Gasteiger partial charge < -0.3 is 4.74 Å². The molecule has 1 aromatic carbocycles. The Labute approximate surface area is 123 Å². The highest BCUT2D eigenvalue weighted by Crippen LogP contribution is 2.15. The van der Waals surface area contributed by atoms with Crippen LogP contribution in [0.3, 0.4) is 0 Å². The summed E-state index contributed by atoms with van der Waals surface area (Å²) in [4.78, 5) is 16.2. The fraction of sp³-hybridized carbons (Fsp3) is 0.308. The summed E-state index contributed by atoms with van der Waals surface area (Å²) < 4.78 is 31.3. The van der Waals surface area contributed by atoms with Gasteiger partial charge in [0.25, 0.3) is 5.91 Å². The van der Waals surface area contributed by atoms with E-state index in [1.165, 1.54) is 38.3 Å². The molecule has 0 aliphatic heterocycles. The van der Waals surface area contributed by atoms with E-state index in [0.29, 0.717) is 5.75 Å². The number of ether oxygens (including phenoxy) is 1. The van der Waals surface area contributed by atoms with Gasteiger partial charge in [-0.3, -0.25) is 9.63 Å². The van der Waals surface area contributed by atoms with Crippen molar-refractivity contribution in [2.24, 2.45) is 0 Å². The van der Waals surface area contributed by atoms with Gasteiger partial charge in [0.2, 0.25) is 10.0 Å². The Hall–Kier alpha value is -2.08. The van der Waals surface area contributed by atoms with E-state index in [0.717, 1.165) is 0 Å². The highest BCUT2D eigenvalue weighted by atomic mass is 32.2. The third kappa shape index (κ3) is 5.07. The first-order valence-electron chi connectivity index (χ1n) is 5.92. The van der Waals surface area contributed by atoms with E-state index in [-0.39, 0.29) is 11.5 Å². The topological polar surface area (TPSA) is 93.7 Å². The monoisotopic (exact) mass is 312 g/mol. The minimum atomic E-state index is -3.82. The van der Waals surface area contributed by atoms with Crippen LogP contribution in [0.15, 0.2) is 29.2 Å². The van der Waals surface area contributed by atoms with Crippen molar-refractivity contribution >= 4 is 15.9 Å². The van der Waals surface area contributed by atoms with Crippen LogP contribution in [-0.4, -0.2) is 34.1 Å². The van der Waals surface area contributed by atoms with Crippen LogP contribution >= 0.6 is 0 Å². The van der Waals surface area contributed by atoms with Gasteiger partial charge in [-0.15, -0.1) is 6.42 Å². The smallest absolute Gasteiger partial charge is 0.261 e. The van der Waals surface area contributed by atoms with Crippen LogP contribution in [0.2, 0.25) is 0 Å². The van der Waals surface area contributed by atoms with Crippen molar-refractivity contribution in [3.8, 4) is 18.1 Å². The van der Waals surface area contributed by atoms with Crippen molar-refractivity contribution in [3.63, 3.8) is 0 Å². The molecule has 1 unspecified atom stereocenters. The number of carbonyl (C=O) groups excluding carboxylic acids is 1. The zero-order valence-electron chi connectivity index (χ0n) is 11.6. The zero-order chi connectivity index (χ0) is 15.9. The van der Waals surface area contributed by atoms with E-state index in [4.69, 9.17) is 11.2 Å². The van der Waals surface area contributed by atoms with Crippen molar-refractivity contribution in [2.75, 3.05) is 13.7 Å². The molecule has 0 heterocycles. The van der Waals surface area contributed by atoms with Gasteiger partial charge in [0.05, 0.1) is 12.0 Å². The van der Waals surface area contributed by atoms with Crippen molar-refractivity contribution in [3.05, 3.63) is 24.3 Å². The Balaban J connectivity index is 2.70. The first-order chi connectivity index (χ1) is 9.90. The molecule has 21 heavy (non-hydrogen) atoms. The molecule has 0 aliphatic carbocycles. The summed E-state index contributed by atoms with van der Waals surface area (Å²) in [6.45, 7) is 1.28. The molecular weight excluding hydrogens is 296 g/mol. The molecule has 1 atom stereocenters. The molecule has 0 saturated heterocycles. The molecule has 2 N–H and O–H groups in total. The molecule has 0 aliphatic rings. The van der Waals surface area contributed by atoms with E-state index >= 15 is 0 Å². The zero-order valence-corrected chi connectivity index (χ0v) is 12.4. The van der Waals surface area contributed by atoms with Crippen molar-refractivity contribution in [2.45, 2.75) is 17.9 Å². The maximum absolute atomic E-state index is 12.1. The molecule has 0 spiro atoms. The summed E-state index contributed by atoms with van der Waals surface area (Å²) in [7, 11) is -2.35. The molecule has 1 rings (SSSR count). The molecule has 0 fully saturated rings. The lowest BCUT2D eigenvalue weighted by Gasteiger charge is -2.14. The first kappa shape index (κ1) is 17.0. The van der Waals surface area contributed by atoms with E-state index in [1.54, 1.807) is 0 Å². The number of methoxy groups -OCH3 is 1. The second kappa shape index (κ2) is 7.64. The fourth-order valence-corrected chi connectivity index (χ4v) is 2.55. The lowest BCUT2D eigenvalue weighted by molar-refractivity contribution is -0.133. The molecule has 8 heteroatoms. The largest absolute Gasteiger partial charge is 0.497 e. The minimum Gasteiger partial charge on any atom is -0.497 e. The number of hydroxylamine groups is 1. The summed E-state index contributed by atoms with van der Waals surface area (Å²) in [5, 5.41) is 0. The highest BCUT2D eigenvalue weighted by Gasteiger charge is 2.22. The number of hydrogen-bond acceptors (Lipinski definition) is 5. The number of hydrogen-bond donors (Lipinski definition) is 2. The van der Waals surface area contributed by atoms with Crippen LogP contribution in [-0.2, 0) is 19.7 Å². The fourth-order valence-electron chi connectivity index (χ4n) is 1.35. The van der Waals surface area contributed by atoms with Crippen LogP contribution in [0.25, 0.3) is 0 Å². The van der Waals surface area contributed by atoms with Gasteiger partial charge >= 0.3 is 0 Å².